The molecule has 9 heteroatoms. The fraction of sp³-hybridized carbons (Fsp3) is 0.304. The predicted octanol–water partition coefficient (Wildman–Crippen LogP) is 5.50. The summed E-state index contributed by atoms with van der Waals surface area (Å²) in [5, 5.41) is 19.3. The molecule has 0 bridgehead atoms. The zero-order valence-electron chi connectivity index (χ0n) is 17.5. The molecule has 32 heavy (non-hydrogen) atoms. The molecule has 1 unspecified atom stereocenters. The summed E-state index contributed by atoms with van der Waals surface area (Å²) in [6.07, 6.45) is 0.736. The van der Waals surface area contributed by atoms with E-state index in [1.807, 2.05) is 13.8 Å². The van der Waals surface area contributed by atoms with Crippen LogP contribution in [0.1, 0.15) is 54.2 Å². The SMILES string of the molecule is CCC(C)C[C@H](C(=O)O)c1c(C)n(C(=O)c2ccc(F)c(F)c2)c2cc(F)c(O)c(F)c12. The largest absolute Gasteiger partial charge is 0.503 e. The summed E-state index contributed by atoms with van der Waals surface area (Å²) in [5.41, 5.74) is -0.723. The fourth-order valence-corrected chi connectivity index (χ4v) is 3.87. The molecule has 0 radical (unpaired) electrons. The van der Waals surface area contributed by atoms with Gasteiger partial charge in [-0.1, -0.05) is 20.3 Å². The number of halogens is 4. The predicted molar refractivity (Wildman–Crippen MR) is 109 cm³/mol. The summed E-state index contributed by atoms with van der Waals surface area (Å²) in [7, 11) is 0. The number of nitrogens with zero attached hydrogens (tertiary/aromatic N) is 1. The molecule has 0 aliphatic heterocycles. The Bertz CT molecular complexity index is 1230. The van der Waals surface area contributed by atoms with Crippen molar-refractivity contribution in [1.29, 1.82) is 0 Å². The molecule has 0 saturated heterocycles. The first-order valence-electron chi connectivity index (χ1n) is 9.93. The van der Waals surface area contributed by atoms with Gasteiger partial charge in [0.2, 0.25) is 0 Å². The van der Waals surface area contributed by atoms with E-state index in [1.165, 1.54) is 6.92 Å². The minimum Gasteiger partial charge on any atom is -0.503 e. The monoisotopic (exact) mass is 451 g/mol. The molecule has 0 spiro atoms. The van der Waals surface area contributed by atoms with Gasteiger partial charge in [0, 0.05) is 22.7 Å². The van der Waals surface area contributed by atoms with Gasteiger partial charge >= 0.3 is 5.97 Å². The van der Waals surface area contributed by atoms with Crippen LogP contribution in [0.2, 0.25) is 0 Å². The van der Waals surface area contributed by atoms with E-state index < -0.39 is 52.2 Å². The number of carbonyl (C=O) groups excluding carboxylic acids is 1. The Morgan fingerprint density at radius 2 is 1.72 bits per heavy atom. The second kappa shape index (κ2) is 8.64. The van der Waals surface area contributed by atoms with Gasteiger partial charge in [-0.25, -0.2) is 17.6 Å². The van der Waals surface area contributed by atoms with Crippen LogP contribution in [0.3, 0.4) is 0 Å². The van der Waals surface area contributed by atoms with Crippen molar-refractivity contribution < 1.29 is 37.4 Å². The van der Waals surface area contributed by atoms with Crippen LogP contribution in [-0.2, 0) is 4.79 Å². The van der Waals surface area contributed by atoms with Crippen molar-refractivity contribution in [1.82, 2.24) is 4.57 Å². The van der Waals surface area contributed by atoms with Crippen LogP contribution >= 0.6 is 0 Å². The second-order valence-electron chi connectivity index (χ2n) is 7.82. The number of phenolic OH excluding ortho intramolecular Hbond substituents is 1. The summed E-state index contributed by atoms with van der Waals surface area (Å²) >= 11 is 0. The Morgan fingerprint density at radius 3 is 2.28 bits per heavy atom. The number of benzene rings is 2. The van der Waals surface area contributed by atoms with Crippen molar-refractivity contribution in [3.05, 3.63) is 64.4 Å². The summed E-state index contributed by atoms with van der Waals surface area (Å²) in [6.45, 7) is 5.02. The van der Waals surface area contributed by atoms with Crippen LogP contribution in [0.4, 0.5) is 17.6 Å². The van der Waals surface area contributed by atoms with E-state index in [0.717, 1.165) is 16.7 Å². The summed E-state index contributed by atoms with van der Waals surface area (Å²) in [6, 6.07) is 3.10. The lowest BCUT2D eigenvalue weighted by Crippen LogP contribution is -2.18. The Morgan fingerprint density at radius 1 is 1.06 bits per heavy atom. The lowest BCUT2D eigenvalue weighted by molar-refractivity contribution is -0.139. The fourth-order valence-electron chi connectivity index (χ4n) is 3.87. The van der Waals surface area contributed by atoms with Gasteiger partial charge in [0.25, 0.3) is 5.91 Å². The highest BCUT2D eigenvalue weighted by Crippen LogP contribution is 2.40. The van der Waals surface area contributed by atoms with Crippen molar-refractivity contribution >= 4 is 22.8 Å². The summed E-state index contributed by atoms with van der Waals surface area (Å²) in [4.78, 5) is 25.3. The summed E-state index contributed by atoms with van der Waals surface area (Å²) in [5.74, 6) is -10.1. The van der Waals surface area contributed by atoms with Crippen LogP contribution < -0.4 is 0 Å². The van der Waals surface area contributed by atoms with Gasteiger partial charge in [-0.2, -0.15) is 0 Å². The molecule has 0 amide bonds. The van der Waals surface area contributed by atoms with Crippen molar-refractivity contribution in [3.63, 3.8) is 0 Å². The molecule has 2 atom stereocenters. The minimum absolute atomic E-state index is 0.00524. The number of carboxylic acid groups (broad SMARTS) is 1. The number of fused-ring (bicyclic) bond motifs is 1. The molecule has 3 rings (SSSR count). The number of hydrogen-bond donors (Lipinski definition) is 2. The molecule has 0 fully saturated rings. The van der Waals surface area contributed by atoms with Crippen LogP contribution in [-0.4, -0.2) is 26.7 Å². The highest BCUT2D eigenvalue weighted by atomic mass is 19.2. The van der Waals surface area contributed by atoms with E-state index in [0.29, 0.717) is 18.6 Å². The molecule has 1 heterocycles. The maximum atomic E-state index is 15.0. The number of rotatable bonds is 6. The van der Waals surface area contributed by atoms with Crippen molar-refractivity contribution in [3.8, 4) is 5.75 Å². The number of carbonyl (C=O) groups is 2. The standard InChI is InChI=1S/C23H21F4NO4/c1-4-10(2)7-13(23(31)32)18-11(3)28(17-9-16(26)21(29)20(27)19(17)18)22(30)12-5-6-14(24)15(25)8-12/h5-6,8-10,13,29H,4,7H2,1-3H3,(H,31,32)/t10?,13-/m0/s1. The maximum Gasteiger partial charge on any atom is 0.311 e. The minimum atomic E-state index is -1.40. The highest BCUT2D eigenvalue weighted by molar-refractivity contribution is 6.05. The molecule has 2 aromatic carbocycles. The summed E-state index contributed by atoms with van der Waals surface area (Å²) < 4.78 is 57.1. The van der Waals surface area contributed by atoms with Crippen molar-refractivity contribution in [2.45, 2.75) is 39.5 Å². The van der Waals surface area contributed by atoms with Gasteiger partial charge in [-0.3, -0.25) is 14.2 Å². The maximum absolute atomic E-state index is 15.0. The lowest BCUT2D eigenvalue weighted by Gasteiger charge is -2.18. The Balaban J connectivity index is 2.37. The number of aromatic hydroxyl groups is 1. The average molecular weight is 451 g/mol. The molecule has 3 aromatic rings. The van der Waals surface area contributed by atoms with Gasteiger partial charge in [0.15, 0.2) is 29.0 Å². The average Bonchev–Trinajstić information content (AvgIpc) is 3.02. The molecule has 0 saturated carbocycles. The number of carboxylic acids is 1. The van der Waals surface area contributed by atoms with Gasteiger partial charge in [-0.15, -0.1) is 0 Å². The third kappa shape index (κ3) is 3.83. The third-order valence-electron chi connectivity index (χ3n) is 5.76. The smallest absolute Gasteiger partial charge is 0.311 e. The topological polar surface area (TPSA) is 79.5 Å². The van der Waals surface area contributed by atoms with E-state index >= 15 is 4.39 Å². The first-order chi connectivity index (χ1) is 15.0. The number of hydrogen-bond acceptors (Lipinski definition) is 3. The zero-order chi connectivity index (χ0) is 23.9. The first-order valence-corrected chi connectivity index (χ1v) is 9.93. The van der Waals surface area contributed by atoms with Gasteiger partial charge in [0.1, 0.15) is 0 Å². The molecule has 0 aliphatic rings. The molecule has 1 aromatic heterocycles. The van der Waals surface area contributed by atoms with E-state index in [9.17, 15) is 33.0 Å². The van der Waals surface area contributed by atoms with E-state index in [-0.39, 0.29) is 34.7 Å². The number of aromatic nitrogens is 1. The quantitative estimate of drug-likeness (QED) is 0.485. The lowest BCUT2D eigenvalue weighted by atomic mass is 9.86. The number of aliphatic carboxylic acids is 1. The molecular formula is C23H21F4NO4. The highest BCUT2D eigenvalue weighted by Gasteiger charge is 2.33. The molecule has 5 nitrogen and oxygen atoms in total. The molecule has 2 N–H and O–H groups in total. The van der Waals surface area contributed by atoms with Gasteiger partial charge in [0.05, 0.1) is 11.4 Å². The normalized spacial score (nSPS) is 13.3. The third-order valence-corrected chi connectivity index (χ3v) is 5.76. The van der Waals surface area contributed by atoms with Gasteiger partial charge < -0.3 is 10.2 Å². The van der Waals surface area contributed by atoms with Crippen molar-refractivity contribution in [2.75, 3.05) is 0 Å². The van der Waals surface area contributed by atoms with Crippen LogP contribution in [0, 0.1) is 36.1 Å². The van der Waals surface area contributed by atoms with E-state index in [2.05, 4.69) is 0 Å². The van der Waals surface area contributed by atoms with Crippen molar-refractivity contribution in [2.24, 2.45) is 5.92 Å². The Kier molecular flexibility index (Phi) is 6.29. The molecular weight excluding hydrogens is 430 g/mol. The van der Waals surface area contributed by atoms with Crippen LogP contribution in [0.5, 0.6) is 5.75 Å². The first kappa shape index (κ1) is 23.3. The van der Waals surface area contributed by atoms with E-state index in [4.69, 9.17) is 0 Å². The van der Waals surface area contributed by atoms with Gasteiger partial charge in [-0.05, 0) is 43.0 Å². The van der Waals surface area contributed by atoms with Crippen LogP contribution in [0.25, 0.3) is 10.9 Å². The van der Waals surface area contributed by atoms with Crippen LogP contribution in [0.15, 0.2) is 24.3 Å². The Labute approximate surface area is 180 Å². The molecule has 170 valence electrons. The van der Waals surface area contributed by atoms with E-state index in [1.54, 1.807) is 0 Å². The zero-order valence-corrected chi connectivity index (χ0v) is 17.5. The molecule has 0 aliphatic carbocycles. The Hall–Kier alpha value is -3.36. The number of phenols is 1. The second-order valence-corrected chi connectivity index (χ2v) is 7.82.